The maximum Gasteiger partial charge on any atom is 0.0243 e. The smallest absolute Gasteiger partial charge is 0.0243 e. The Morgan fingerprint density at radius 3 is 2.15 bits per heavy atom. The Labute approximate surface area is 127 Å². The summed E-state index contributed by atoms with van der Waals surface area (Å²) in [4.78, 5) is 0. The van der Waals surface area contributed by atoms with Crippen molar-refractivity contribution in [2.75, 3.05) is 0 Å². The van der Waals surface area contributed by atoms with Crippen LogP contribution in [0.15, 0.2) is 0 Å². The highest BCUT2D eigenvalue weighted by Gasteiger charge is 2.38. The topological polar surface area (TPSA) is 38.0 Å². The molecule has 3 N–H and O–H groups in total. The number of hydrogen-bond donors (Lipinski definition) is 2. The highest BCUT2D eigenvalue weighted by molar-refractivity contribution is 4.91. The summed E-state index contributed by atoms with van der Waals surface area (Å²) in [7, 11) is 0. The number of nitrogens with one attached hydrogen (secondary N) is 1. The predicted molar refractivity (Wildman–Crippen MR) is 89.5 cm³/mol. The van der Waals surface area contributed by atoms with Crippen molar-refractivity contribution >= 4 is 0 Å². The van der Waals surface area contributed by atoms with Gasteiger partial charge in [0.15, 0.2) is 0 Å². The van der Waals surface area contributed by atoms with Crippen LogP contribution in [-0.2, 0) is 0 Å². The minimum absolute atomic E-state index is 0.483. The van der Waals surface area contributed by atoms with E-state index < -0.39 is 0 Å². The molecule has 120 valence electrons. The van der Waals surface area contributed by atoms with Gasteiger partial charge < -0.3 is 0 Å². The van der Waals surface area contributed by atoms with Gasteiger partial charge in [0.1, 0.15) is 0 Å². The summed E-state index contributed by atoms with van der Waals surface area (Å²) >= 11 is 0. The van der Waals surface area contributed by atoms with Gasteiger partial charge in [0, 0.05) is 6.04 Å². The van der Waals surface area contributed by atoms with Crippen LogP contribution in [0.3, 0.4) is 0 Å². The molecule has 2 unspecified atom stereocenters. The van der Waals surface area contributed by atoms with Gasteiger partial charge in [0.2, 0.25) is 0 Å². The van der Waals surface area contributed by atoms with Gasteiger partial charge in [-0.25, -0.2) is 0 Å². The van der Waals surface area contributed by atoms with E-state index >= 15 is 0 Å². The van der Waals surface area contributed by atoms with Crippen LogP contribution in [0.4, 0.5) is 0 Å². The fourth-order valence-electron chi connectivity index (χ4n) is 4.00. The van der Waals surface area contributed by atoms with Crippen molar-refractivity contribution in [1.82, 2.24) is 5.43 Å². The summed E-state index contributed by atoms with van der Waals surface area (Å²) in [5.41, 5.74) is 3.60. The molecule has 0 bridgehead atoms. The highest BCUT2D eigenvalue weighted by Crippen LogP contribution is 2.45. The van der Waals surface area contributed by atoms with Crippen LogP contribution in [0.5, 0.6) is 0 Å². The average molecular weight is 283 g/mol. The first kappa shape index (κ1) is 18.0. The molecule has 1 fully saturated rings. The second-order valence-electron chi connectivity index (χ2n) is 7.52. The van der Waals surface area contributed by atoms with Crippen LogP contribution in [0, 0.1) is 11.3 Å². The van der Waals surface area contributed by atoms with E-state index in [9.17, 15) is 0 Å². The molecule has 1 aliphatic rings. The average Bonchev–Trinajstić information content (AvgIpc) is 2.77. The molecule has 2 heteroatoms. The molecule has 0 aliphatic heterocycles. The first-order valence-corrected chi connectivity index (χ1v) is 9.08. The largest absolute Gasteiger partial charge is 0.271 e. The molecule has 1 rings (SSSR count). The zero-order chi connectivity index (χ0) is 14.8. The standard InChI is InChI=1S/C18H38N2/c1-4-5-6-7-8-9-10-11-14-17(20-19)16-13-12-15-18(16,2)3/h16-17,20H,4-15,19H2,1-3H3. The minimum Gasteiger partial charge on any atom is -0.271 e. The second-order valence-corrected chi connectivity index (χ2v) is 7.52. The Bertz CT molecular complexity index is 238. The zero-order valence-corrected chi connectivity index (χ0v) is 14.2. The van der Waals surface area contributed by atoms with Gasteiger partial charge in [-0.05, 0) is 30.6 Å². The van der Waals surface area contributed by atoms with Crippen LogP contribution < -0.4 is 11.3 Å². The summed E-state index contributed by atoms with van der Waals surface area (Å²) < 4.78 is 0. The minimum atomic E-state index is 0.483. The lowest BCUT2D eigenvalue weighted by Crippen LogP contribution is -2.44. The van der Waals surface area contributed by atoms with E-state index in [1.165, 1.54) is 77.0 Å². The molecule has 0 saturated heterocycles. The van der Waals surface area contributed by atoms with Gasteiger partial charge in [-0.3, -0.25) is 11.3 Å². The lowest BCUT2D eigenvalue weighted by molar-refractivity contribution is 0.187. The van der Waals surface area contributed by atoms with E-state index in [1.54, 1.807) is 0 Å². The van der Waals surface area contributed by atoms with Crippen LogP contribution >= 0.6 is 0 Å². The SMILES string of the molecule is CCCCCCCCCCC(NN)C1CCCC1(C)C. The quantitative estimate of drug-likeness (QED) is 0.311. The highest BCUT2D eigenvalue weighted by atomic mass is 15.2. The summed E-state index contributed by atoms with van der Waals surface area (Å²) in [6, 6.07) is 0.535. The summed E-state index contributed by atoms with van der Waals surface area (Å²) in [5, 5.41) is 0. The third-order valence-corrected chi connectivity index (χ3v) is 5.41. The first-order valence-electron chi connectivity index (χ1n) is 9.08. The number of hydrogen-bond acceptors (Lipinski definition) is 2. The Morgan fingerprint density at radius 2 is 1.65 bits per heavy atom. The van der Waals surface area contributed by atoms with Gasteiger partial charge in [-0.2, -0.15) is 0 Å². The molecule has 20 heavy (non-hydrogen) atoms. The maximum atomic E-state index is 5.82. The molecule has 1 aliphatic carbocycles. The van der Waals surface area contributed by atoms with Crippen LogP contribution in [0.25, 0.3) is 0 Å². The van der Waals surface area contributed by atoms with Crippen molar-refractivity contribution in [2.45, 2.75) is 104 Å². The van der Waals surface area contributed by atoms with E-state index in [0.717, 1.165) is 5.92 Å². The molecule has 0 aromatic rings. The van der Waals surface area contributed by atoms with Gasteiger partial charge in [0.05, 0.1) is 0 Å². The van der Waals surface area contributed by atoms with Gasteiger partial charge in [-0.15, -0.1) is 0 Å². The van der Waals surface area contributed by atoms with Gasteiger partial charge in [0.25, 0.3) is 0 Å². The molecular weight excluding hydrogens is 244 g/mol. The molecule has 0 heterocycles. The van der Waals surface area contributed by atoms with Crippen LogP contribution in [0.2, 0.25) is 0 Å². The summed E-state index contributed by atoms with van der Waals surface area (Å²) in [6.45, 7) is 7.12. The van der Waals surface area contributed by atoms with Crippen molar-refractivity contribution in [3.63, 3.8) is 0 Å². The van der Waals surface area contributed by atoms with Crippen molar-refractivity contribution in [3.8, 4) is 0 Å². The Morgan fingerprint density at radius 1 is 1.05 bits per heavy atom. The Balaban J connectivity index is 2.10. The van der Waals surface area contributed by atoms with E-state index in [4.69, 9.17) is 5.84 Å². The molecule has 2 atom stereocenters. The lowest BCUT2D eigenvalue weighted by atomic mass is 9.76. The molecular formula is C18H38N2. The molecule has 2 nitrogen and oxygen atoms in total. The van der Waals surface area contributed by atoms with E-state index in [1.807, 2.05) is 0 Å². The third-order valence-electron chi connectivity index (χ3n) is 5.41. The van der Waals surface area contributed by atoms with Crippen molar-refractivity contribution < 1.29 is 0 Å². The van der Waals surface area contributed by atoms with Crippen molar-refractivity contribution in [1.29, 1.82) is 0 Å². The zero-order valence-electron chi connectivity index (χ0n) is 14.2. The molecule has 0 aromatic heterocycles. The fraction of sp³-hybridized carbons (Fsp3) is 1.00. The monoisotopic (exact) mass is 282 g/mol. The van der Waals surface area contributed by atoms with Gasteiger partial charge >= 0.3 is 0 Å². The number of rotatable bonds is 11. The molecule has 0 aromatic carbocycles. The lowest BCUT2D eigenvalue weighted by Gasteiger charge is -2.34. The molecule has 0 spiro atoms. The number of unbranched alkanes of at least 4 members (excludes halogenated alkanes) is 7. The molecule has 0 amide bonds. The van der Waals surface area contributed by atoms with E-state index in [2.05, 4.69) is 26.2 Å². The fourth-order valence-corrected chi connectivity index (χ4v) is 4.00. The number of nitrogens with two attached hydrogens (primary N) is 1. The predicted octanol–water partition coefficient (Wildman–Crippen LogP) is 5.18. The van der Waals surface area contributed by atoms with Crippen molar-refractivity contribution in [2.24, 2.45) is 17.2 Å². The second kappa shape index (κ2) is 9.78. The maximum absolute atomic E-state index is 5.82. The van der Waals surface area contributed by atoms with Crippen LogP contribution in [-0.4, -0.2) is 6.04 Å². The van der Waals surface area contributed by atoms with Gasteiger partial charge in [-0.1, -0.05) is 78.6 Å². The number of hydrazine groups is 1. The van der Waals surface area contributed by atoms with E-state index in [-0.39, 0.29) is 0 Å². The summed E-state index contributed by atoms with van der Waals surface area (Å²) in [5.74, 6) is 6.59. The molecule has 1 saturated carbocycles. The normalized spacial score (nSPS) is 23.1. The third kappa shape index (κ3) is 6.13. The summed E-state index contributed by atoms with van der Waals surface area (Å²) in [6.07, 6.45) is 16.6. The van der Waals surface area contributed by atoms with Crippen LogP contribution in [0.1, 0.15) is 97.8 Å². The Hall–Kier alpha value is -0.0800. The first-order chi connectivity index (χ1) is 9.61. The molecule has 0 radical (unpaired) electrons. The van der Waals surface area contributed by atoms with E-state index in [0.29, 0.717) is 11.5 Å². The Kier molecular flexibility index (Phi) is 8.79. The van der Waals surface area contributed by atoms with Crippen molar-refractivity contribution in [3.05, 3.63) is 0 Å².